The maximum absolute atomic E-state index is 12.0. The highest BCUT2D eigenvalue weighted by molar-refractivity contribution is 5.75. The largest absolute Gasteiger partial charge is 0.444 e. The number of carbonyl (C=O) groups excluding carboxylic acids is 2. The molecule has 1 heterocycles. The fraction of sp³-hybridized carbons (Fsp3) is 0.500. The van der Waals surface area contributed by atoms with Crippen molar-refractivity contribution in [1.29, 1.82) is 0 Å². The summed E-state index contributed by atoms with van der Waals surface area (Å²) in [5, 5.41) is 2.62. The highest BCUT2D eigenvalue weighted by atomic mass is 16.6. The molecule has 0 bridgehead atoms. The molecule has 1 aliphatic rings. The highest BCUT2D eigenvalue weighted by Gasteiger charge is 2.26. The van der Waals surface area contributed by atoms with Crippen LogP contribution in [-0.4, -0.2) is 35.6 Å². The number of piperidine rings is 1. The lowest BCUT2D eigenvalue weighted by Gasteiger charge is -2.32. The molecule has 0 aromatic carbocycles. The van der Waals surface area contributed by atoms with E-state index in [2.05, 4.69) is 18.5 Å². The van der Waals surface area contributed by atoms with E-state index in [0.29, 0.717) is 25.2 Å². The van der Waals surface area contributed by atoms with E-state index >= 15 is 0 Å². The monoisotopic (exact) mass is 292 g/mol. The van der Waals surface area contributed by atoms with E-state index in [-0.39, 0.29) is 12.0 Å². The molecule has 0 atom stereocenters. The topological polar surface area (TPSA) is 58.6 Å². The number of allylic oxidation sites excluding steroid dienone is 1. The van der Waals surface area contributed by atoms with Crippen molar-refractivity contribution in [3.63, 3.8) is 0 Å². The lowest BCUT2D eigenvalue weighted by Crippen LogP contribution is -2.41. The Bertz CT molecular complexity index is 498. The van der Waals surface area contributed by atoms with Gasteiger partial charge in [-0.1, -0.05) is 13.2 Å². The SMILES string of the molecule is C=C(/C=C1/CCN(C(=O)OC(C)(C)C)CC1=C)NC(C)=O. The molecular formula is C16H24N2O3. The average Bonchev–Trinajstić information content (AvgIpc) is 2.28. The van der Waals surface area contributed by atoms with Crippen molar-refractivity contribution < 1.29 is 14.3 Å². The van der Waals surface area contributed by atoms with E-state index < -0.39 is 5.60 Å². The summed E-state index contributed by atoms with van der Waals surface area (Å²) >= 11 is 0. The summed E-state index contributed by atoms with van der Waals surface area (Å²) < 4.78 is 5.35. The first kappa shape index (κ1) is 17.0. The summed E-state index contributed by atoms with van der Waals surface area (Å²) in [6, 6.07) is 0. The van der Waals surface area contributed by atoms with Gasteiger partial charge < -0.3 is 15.0 Å². The molecule has 5 nitrogen and oxygen atoms in total. The summed E-state index contributed by atoms with van der Waals surface area (Å²) in [5.74, 6) is -0.159. The Balaban J connectivity index is 2.64. The number of ether oxygens (including phenoxy) is 1. The smallest absolute Gasteiger partial charge is 0.410 e. The molecule has 0 aliphatic carbocycles. The maximum atomic E-state index is 12.0. The normalized spacial score (nSPS) is 17.6. The summed E-state index contributed by atoms with van der Waals surface area (Å²) in [5.41, 5.74) is 1.85. The molecule has 0 aromatic heterocycles. The number of rotatable bonds is 2. The number of nitrogens with one attached hydrogen (secondary N) is 1. The second-order valence-corrected chi connectivity index (χ2v) is 6.13. The van der Waals surface area contributed by atoms with Crippen LogP contribution in [-0.2, 0) is 9.53 Å². The van der Waals surface area contributed by atoms with E-state index in [9.17, 15) is 9.59 Å². The van der Waals surface area contributed by atoms with Crippen LogP contribution in [0.2, 0.25) is 0 Å². The molecule has 0 radical (unpaired) electrons. The molecule has 2 amide bonds. The van der Waals surface area contributed by atoms with Crippen LogP contribution < -0.4 is 5.32 Å². The zero-order valence-corrected chi connectivity index (χ0v) is 13.3. The van der Waals surface area contributed by atoms with Gasteiger partial charge in [0.1, 0.15) is 5.60 Å². The van der Waals surface area contributed by atoms with Crippen LogP contribution in [0.3, 0.4) is 0 Å². The lowest BCUT2D eigenvalue weighted by molar-refractivity contribution is -0.118. The second kappa shape index (κ2) is 6.61. The first-order chi connectivity index (χ1) is 9.58. The van der Waals surface area contributed by atoms with Crippen LogP contribution in [0.4, 0.5) is 4.79 Å². The Hall–Kier alpha value is -2.04. The summed E-state index contributed by atoms with van der Waals surface area (Å²) in [6.07, 6.45) is 2.13. The van der Waals surface area contributed by atoms with E-state index in [4.69, 9.17) is 4.74 Å². The third-order valence-corrected chi connectivity index (χ3v) is 2.82. The second-order valence-electron chi connectivity index (χ2n) is 6.13. The molecule has 1 saturated heterocycles. The standard InChI is InChI=1S/C16H24N2O3/c1-11-10-18(15(20)21-16(4,5)6)8-7-14(11)9-12(2)17-13(3)19/h9H,1-2,7-8,10H2,3-6H3,(H,17,19)/b14-9-. The van der Waals surface area contributed by atoms with E-state index in [1.165, 1.54) is 6.92 Å². The molecule has 0 saturated carbocycles. The number of hydrogen-bond donors (Lipinski definition) is 1. The van der Waals surface area contributed by atoms with Gasteiger partial charge in [0.05, 0.1) is 0 Å². The van der Waals surface area contributed by atoms with Crippen molar-refractivity contribution in [3.8, 4) is 0 Å². The van der Waals surface area contributed by atoms with Gasteiger partial charge >= 0.3 is 6.09 Å². The first-order valence-corrected chi connectivity index (χ1v) is 6.91. The Morgan fingerprint density at radius 2 is 2.00 bits per heavy atom. The Morgan fingerprint density at radius 1 is 1.38 bits per heavy atom. The maximum Gasteiger partial charge on any atom is 0.410 e. The molecule has 21 heavy (non-hydrogen) atoms. The Labute approximate surface area is 126 Å². The summed E-state index contributed by atoms with van der Waals surface area (Å²) in [7, 11) is 0. The predicted octanol–water partition coefficient (Wildman–Crippen LogP) is 2.76. The van der Waals surface area contributed by atoms with E-state index in [1.54, 1.807) is 11.0 Å². The number of amides is 2. The van der Waals surface area contributed by atoms with Gasteiger partial charge in [-0.15, -0.1) is 0 Å². The minimum Gasteiger partial charge on any atom is -0.444 e. The van der Waals surface area contributed by atoms with Crippen molar-refractivity contribution in [1.82, 2.24) is 10.2 Å². The van der Waals surface area contributed by atoms with E-state index in [1.807, 2.05) is 20.8 Å². The van der Waals surface area contributed by atoms with E-state index in [0.717, 1.165) is 11.1 Å². The molecule has 116 valence electrons. The van der Waals surface area contributed by atoms with Crippen molar-refractivity contribution in [2.24, 2.45) is 0 Å². The zero-order chi connectivity index (χ0) is 16.2. The first-order valence-electron chi connectivity index (χ1n) is 6.91. The van der Waals surface area contributed by atoms with Crippen molar-refractivity contribution >= 4 is 12.0 Å². The molecule has 1 N–H and O–H groups in total. The fourth-order valence-electron chi connectivity index (χ4n) is 1.97. The van der Waals surface area contributed by atoms with Gasteiger partial charge in [0.2, 0.25) is 5.91 Å². The lowest BCUT2D eigenvalue weighted by atomic mass is 9.98. The fourth-order valence-corrected chi connectivity index (χ4v) is 1.97. The minimum atomic E-state index is -0.506. The van der Waals surface area contributed by atoms with Gasteiger partial charge in [0, 0.05) is 25.7 Å². The van der Waals surface area contributed by atoms with Crippen LogP contribution in [0.1, 0.15) is 34.1 Å². The average molecular weight is 292 g/mol. The predicted molar refractivity (Wildman–Crippen MR) is 82.6 cm³/mol. The van der Waals surface area contributed by atoms with Gasteiger partial charge in [0.15, 0.2) is 0 Å². The van der Waals surface area contributed by atoms with Crippen LogP contribution in [0.25, 0.3) is 0 Å². The minimum absolute atomic E-state index is 0.159. The van der Waals surface area contributed by atoms with Gasteiger partial charge in [0.25, 0.3) is 0 Å². The molecule has 1 aliphatic heterocycles. The van der Waals surface area contributed by atoms with Gasteiger partial charge in [-0.2, -0.15) is 0 Å². The van der Waals surface area contributed by atoms with Crippen molar-refractivity contribution in [2.45, 2.75) is 39.7 Å². The molecule has 1 rings (SSSR count). The molecule has 0 spiro atoms. The van der Waals surface area contributed by atoms with Crippen molar-refractivity contribution in [3.05, 3.63) is 36.1 Å². The molecular weight excluding hydrogens is 268 g/mol. The molecule has 1 fully saturated rings. The number of carbonyl (C=O) groups is 2. The summed E-state index contributed by atoms with van der Waals surface area (Å²) in [4.78, 5) is 24.6. The third-order valence-electron chi connectivity index (χ3n) is 2.82. The van der Waals surface area contributed by atoms with Crippen LogP contribution in [0.5, 0.6) is 0 Å². The molecule has 5 heteroatoms. The number of likely N-dealkylation sites (tertiary alicyclic amines) is 1. The number of nitrogens with zero attached hydrogens (tertiary/aromatic N) is 1. The molecule has 0 unspecified atom stereocenters. The van der Waals surface area contributed by atoms with Crippen LogP contribution >= 0.6 is 0 Å². The quantitative estimate of drug-likeness (QED) is 0.851. The zero-order valence-electron chi connectivity index (χ0n) is 13.3. The van der Waals surface area contributed by atoms with Crippen molar-refractivity contribution in [2.75, 3.05) is 13.1 Å². The Kier molecular flexibility index (Phi) is 5.35. The highest BCUT2D eigenvalue weighted by Crippen LogP contribution is 2.23. The number of hydrogen-bond acceptors (Lipinski definition) is 3. The summed E-state index contributed by atoms with van der Waals surface area (Å²) in [6.45, 7) is 15.7. The van der Waals surface area contributed by atoms with Crippen LogP contribution in [0.15, 0.2) is 36.1 Å². The van der Waals surface area contributed by atoms with Gasteiger partial charge in [-0.25, -0.2) is 4.79 Å². The Morgan fingerprint density at radius 3 is 2.48 bits per heavy atom. The van der Waals surface area contributed by atoms with Crippen LogP contribution in [0, 0.1) is 0 Å². The third kappa shape index (κ3) is 5.85. The molecule has 0 aromatic rings. The van der Waals surface area contributed by atoms with Gasteiger partial charge in [-0.05, 0) is 44.4 Å². The van der Waals surface area contributed by atoms with Gasteiger partial charge in [-0.3, -0.25) is 4.79 Å².